The maximum atomic E-state index is 12.4. The van der Waals surface area contributed by atoms with Crippen molar-refractivity contribution in [3.63, 3.8) is 0 Å². The van der Waals surface area contributed by atoms with E-state index in [0.717, 1.165) is 51.4 Å². The van der Waals surface area contributed by atoms with Gasteiger partial charge in [0.15, 0.2) is 0 Å². The normalized spacial score (nSPS) is 42.2. The molecule has 0 aromatic rings. The lowest BCUT2D eigenvalue weighted by Gasteiger charge is -2.61. The molecule has 3 heteroatoms. The van der Waals surface area contributed by atoms with Gasteiger partial charge >= 0.3 is 5.97 Å². The van der Waals surface area contributed by atoms with Crippen molar-refractivity contribution in [3.8, 4) is 0 Å². The van der Waals surface area contributed by atoms with E-state index in [9.17, 15) is 15.0 Å². The minimum atomic E-state index is -0.616. The molecule has 4 aliphatic rings. The average molecular weight is 455 g/mol. The van der Waals surface area contributed by atoms with Crippen molar-refractivity contribution in [1.29, 1.82) is 0 Å². The number of hydrogen-bond donors (Lipinski definition) is 2. The van der Waals surface area contributed by atoms with Crippen LogP contribution in [0.2, 0.25) is 0 Å². The van der Waals surface area contributed by atoms with Crippen molar-refractivity contribution in [2.75, 3.05) is 0 Å². The lowest BCUT2D eigenvalue weighted by molar-refractivity contribution is -0.146. The van der Waals surface area contributed by atoms with Crippen LogP contribution >= 0.6 is 0 Å². The Labute approximate surface area is 201 Å². The predicted molar refractivity (Wildman–Crippen MR) is 135 cm³/mol. The summed E-state index contributed by atoms with van der Waals surface area (Å²) < 4.78 is 0. The molecule has 0 aromatic carbocycles. The number of carboxylic acids is 1. The minimum Gasteiger partial charge on any atom is -0.481 e. The molecule has 0 heterocycles. The second-order valence-corrected chi connectivity index (χ2v) is 13.2. The van der Waals surface area contributed by atoms with Gasteiger partial charge < -0.3 is 10.2 Å². The lowest BCUT2D eigenvalue weighted by Crippen LogP contribution is -2.54. The van der Waals surface area contributed by atoms with Gasteiger partial charge in [0.2, 0.25) is 0 Å². The van der Waals surface area contributed by atoms with Crippen LogP contribution in [0.5, 0.6) is 0 Å². The van der Waals surface area contributed by atoms with Gasteiger partial charge in [-0.25, -0.2) is 0 Å². The number of carbonyl (C=O) groups is 1. The summed E-state index contributed by atoms with van der Waals surface area (Å²) in [6, 6.07) is 0. The Bertz CT molecular complexity index is 904. The number of allylic oxidation sites excluding steroid dienone is 6. The first kappa shape index (κ1) is 24.8. The number of fused-ring (bicyclic) bond motifs is 5. The summed E-state index contributed by atoms with van der Waals surface area (Å²) in [5, 5.41) is 21.0. The number of aliphatic carboxylic acids is 1. The molecule has 0 aliphatic heterocycles. The van der Waals surface area contributed by atoms with Gasteiger partial charge in [-0.15, -0.1) is 0 Å². The van der Waals surface area contributed by atoms with Crippen LogP contribution in [-0.4, -0.2) is 22.3 Å². The van der Waals surface area contributed by atoms with Gasteiger partial charge in [0, 0.05) is 0 Å². The Morgan fingerprint density at radius 2 is 1.79 bits per heavy atom. The maximum Gasteiger partial charge on any atom is 0.306 e. The highest BCUT2D eigenvalue weighted by atomic mass is 16.4. The molecule has 0 bridgehead atoms. The molecular formula is C30H46O3. The third-order valence-electron chi connectivity index (χ3n) is 11.1. The summed E-state index contributed by atoms with van der Waals surface area (Å²) in [5.41, 5.74) is 4.32. The summed E-state index contributed by atoms with van der Waals surface area (Å²) in [4.78, 5) is 12.4. The van der Waals surface area contributed by atoms with Crippen molar-refractivity contribution in [1.82, 2.24) is 0 Å². The zero-order valence-corrected chi connectivity index (χ0v) is 22.0. The molecule has 0 amide bonds. The molecule has 2 fully saturated rings. The molecule has 4 aliphatic carbocycles. The van der Waals surface area contributed by atoms with Gasteiger partial charge in [-0.05, 0) is 110 Å². The first-order chi connectivity index (χ1) is 15.3. The van der Waals surface area contributed by atoms with Gasteiger partial charge in [-0.3, -0.25) is 4.79 Å². The molecular weight excluding hydrogens is 408 g/mol. The summed E-state index contributed by atoms with van der Waals surface area (Å²) in [6.45, 7) is 16.0. The van der Waals surface area contributed by atoms with Gasteiger partial charge in [0.1, 0.15) is 0 Å². The third kappa shape index (κ3) is 3.51. The largest absolute Gasteiger partial charge is 0.481 e. The number of aliphatic hydroxyl groups excluding tert-OH is 1. The highest BCUT2D eigenvalue weighted by molar-refractivity contribution is 5.71. The highest BCUT2D eigenvalue weighted by Crippen LogP contribution is 2.71. The Morgan fingerprint density at radius 1 is 1.09 bits per heavy atom. The summed E-state index contributed by atoms with van der Waals surface area (Å²) >= 11 is 0. The number of aliphatic hydroxyl groups is 1. The van der Waals surface area contributed by atoms with Crippen LogP contribution in [0.15, 0.2) is 34.9 Å². The number of rotatable bonds is 5. The summed E-state index contributed by atoms with van der Waals surface area (Å²) in [5.74, 6) is -0.238. The SMILES string of the molecule is CC(C)=CCCC(C(=O)O)C1CCC2(C)C3=CCC4C(C)(C)[C@@H](O)CC[C@]4(C)C3=CC[C@]12C. The van der Waals surface area contributed by atoms with E-state index in [4.69, 9.17) is 0 Å². The van der Waals surface area contributed by atoms with Gasteiger partial charge in [0.25, 0.3) is 0 Å². The quantitative estimate of drug-likeness (QED) is 0.428. The molecule has 184 valence electrons. The van der Waals surface area contributed by atoms with Gasteiger partial charge in [-0.1, -0.05) is 58.4 Å². The first-order valence-electron chi connectivity index (χ1n) is 13.2. The zero-order chi connectivity index (χ0) is 24.4. The van der Waals surface area contributed by atoms with Crippen LogP contribution in [0.3, 0.4) is 0 Å². The Hall–Kier alpha value is -1.35. The van der Waals surface area contributed by atoms with E-state index in [-0.39, 0.29) is 39.6 Å². The molecule has 4 unspecified atom stereocenters. The van der Waals surface area contributed by atoms with Crippen LogP contribution in [0.4, 0.5) is 0 Å². The van der Waals surface area contributed by atoms with Crippen molar-refractivity contribution in [2.45, 2.75) is 106 Å². The van der Waals surface area contributed by atoms with Crippen LogP contribution in [0, 0.1) is 39.4 Å². The van der Waals surface area contributed by atoms with Gasteiger partial charge in [-0.2, -0.15) is 0 Å². The standard InChI is InChI=1S/C30H46O3/c1-19(2)9-8-10-20(26(32)33)21-13-17-30(7)23-11-12-24-27(3,4)25(31)15-16-28(24,5)22(23)14-18-29(21,30)6/h9,11,14,20-21,24-25,31H,8,10,12-13,15-18H2,1-7H3,(H,32,33)/t20?,21?,24?,25-,28+,29+,30?/m0/s1. The summed E-state index contributed by atoms with van der Waals surface area (Å²) in [6.07, 6.45) is 14.5. The Morgan fingerprint density at radius 3 is 2.42 bits per heavy atom. The topological polar surface area (TPSA) is 57.5 Å². The fraction of sp³-hybridized carbons (Fsp3) is 0.767. The van der Waals surface area contributed by atoms with E-state index >= 15 is 0 Å². The maximum absolute atomic E-state index is 12.4. The van der Waals surface area contributed by atoms with Crippen molar-refractivity contribution in [2.24, 2.45) is 39.4 Å². The van der Waals surface area contributed by atoms with E-state index in [0.29, 0.717) is 5.92 Å². The molecule has 0 radical (unpaired) electrons. The van der Waals surface area contributed by atoms with Crippen LogP contribution in [0.25, 0.3) is 0 Å². The van der Waals surface area contributed by atoms with Crippen molar-refractivity contribution in [3.05, 3.63) is 34.9 Å². The van der Waals surface area contributed by atoms with Crippen molar-refractivity contribution >= 4 is 5.97 Å². The van der Waals surface area contributed by atoms with E-state index in [1.165, 1.54) is 16.7 Å². The van der Waals surface area contributed by atoms with E-state index in [1.54, 1.807) is 0 Å². The molecule has 33 heavy (non-hydrogen) atoms. The monoisotopic (exact) mass is 454 g/mol. The van der Waals surface area contributed by atoms with E-state index in [1.807, 2.05) is 0 Å². The fourth-order valence-electron chi connectivity index (χ4n) is 8.73. The lowest BCUT2D eigenvalue weighted by atomic mass is 9.44. The third-order valence-corrected chi connectivity index (χ3v) is 11.1. The molecule has 0 aromatic heterocycles. The smallest absolute Gasteiger partial charge is 0.306 e. The molecule has 2 N–H and O–H groups in total. The Kier molecular flexibility index (Phi) is 6.08. The number of carboxylic acid groups (broad SMARTS) is 1. The average Bonchev–Trinajstić information content (AvgIpc) is 3.00. The van der Waals surface area contributed by atoms with E-state index in [2.05, 4.69) is 66.7 Å². The van der Waals surface area contributed by atoms with Crippen LogP contribution in [0.1, 0.15) is 99.8 Å². The molecule has 0 spiro atoms. The first-order valence-corrected chi connectivity index (χ1v) is 13.2. The second-order valence-electron chi connectivity index (χ2n) is 13.2. The second kappa shape index (κ2) is 8.11. The number of hydrogen-bond acceptors (Lipinski definition) is 2. The fourth-order valence-corrected chi connectivity index (χ4v) is 8.73. The molecule has 7 atom stereocenters. The predicted octanol–water partition coefficient (Wildman–Crippen LogP) is 7.32. The zero-order valence-electron chi connectivity index (χ0n) is 22.0. The molecule has 4 rings (SSSR count). The highest BCUT2D eigenvalue weighted by Gasteiger charge is 2.63. The Balaban J connectivity index is 1.70. The molecule has 3 nitrogen and oxygen atoms in total. The molecule has 2 saturated carbocycles. The van der Waals surface area contributed by atoms with Crippen LogP contribution < -0.4 is 0 Å². The van der Waals surface area contributed by atoms with E-state index < -0.39 is 5.97 Å². The summed E-state index contributed by atoms with van der Waals surface area (Å²) in [7, 11) is 0. The molecule has 0 saturated heterocycles. The van der Waals surface area contributed by atoms with Crippen molar-refractivity contribution < 1.29 is 15.0 Å². The minimum absolute atomic E-state index is 0.0245. The van der Waals surface area contributed by atoms with Crippen LogP contribution in [-0.2, 0) is 4.79 Å². The van der Waals surface area contributed by atoms with Gasteiger partial charge in [0.05, 0.1) is 12.0 Å².